The summed E-state index contributed by atoms with van der Waals surface area (Å²) in [6.07, 6.45) is 5.40. The molecule has 2 aliphatic heterocycles. The van der Waals surface area contributed by atoms with Gasteiger partial charge in [-0.3, -0.25) is 0 Å². The van der Waals surface area contributed by atoms with Gasteiger partial charge in [0.1, 0.15) is 5.82 Å². The lowest BCUT2D eigenvalue weighted by molar-refractivity contribution is 0.370. The molecule has 0 fully saturated rings. The molecule has 0 radical (unpaired) electrons. The number of fused-ring (bicyclic) bond motifs is 2. The van der Waals surface area contributed by atoms with Crippen LogP contribution in [0.5, 0.6) is 0 Å². The highest BCUT2D eigenvalue weighted by Gasteiger charge is 2.26. The predicted molar refractivity (Wildman–Crippen MR) is 118 cm³/mol. The highest BCUT2D eigenvalue weighted by Crippen LogP contribution is 2.35. The molecular weight excluding hydrogens is 401 g/mol. The zero-order valence-corrected chi connectivity index (χ0v) is 17.9. The summed E-state index contributed by atoms with van der Waals surface area (Å²) in [6, 6.07) is 9.63. The molecule has 5 rings (SSSR count). The van der Waals surface area contributed by atoms with Crippen molar-refractivity contribution >= 4 is 32.2 Å². The molecule has 7 heteroatoms. The molecule has 2 aromatic carbocycles. The van der Waals surface area contributed by atoms with Crippen molar-refractivity contribution in [1.82, 2.24) is 8.87 Å². The van der Waals surface area contributed by atoms with E-state index >= 15 is 0 Å². The molecule has 0 spiro atoms. The minimum absolute atomic E-state index is 0.265. The van der Waals surface area contributed by atoms with E-state index < -0.39 is 10.0 Å². The van der Waals surface area contributed by atoms with Gasteiger partial charge in [-0.05, 0) is 67.4 Å². The fourth-order valence-corrected chi connectivity index (χ4v) is 5.88. The predicted octanol–water partition coefficient (Wildman–Crippen LogP) is 3.73. The van der Waals surface area contributed by atoms with Crippen molar-refractivity contribution in [2.45, 2.75) is 17.7 Å². The summed E-state index contributed by atoms with van der Waals surface area (Å²) in [5.41, 5.74) is 4.48. The lowest BCUT2D eigenvalue weighted by Gasteiger charge is -2.21. The molecule has 5 nitrogen and oxygen atoms in total. The van der Waals surface area contributed by atoms with Crippen LogP contribution in [0, 0.1) is 5.82 Å². The summed E-state index contributed by atoms with van der Waals surface area (Å²) in [5, 5.41) is 0.635. The number of benzene rings is 2. The van der Waals surface area contributed by atoms with Crippen molar-refractivity contribution < 1.29 is 12.8 Å². The highest BCUT2D eigenvalue weighted by molar-refractivity contribution is 7.90. The second-order valence-corrected chi connectivity index (χ2v) is 10.0. The summed E-state index contributed by atoms with van der Waals surface area (Å²) < 4.78 is 42.6. The topological polar surface area (TPSA) is 45.6 Å². The molecule has 3 aromatic rings. The highest BCUT2D eigenvalue weighted by atomic mass is 32.2. The van der Waals surface area contributed by atoms with Crippen molar-refractivity contribution in [3.05, 3.63) is 65.6 Å². The molecule has 0 aliphatic carbocycles. The Morgan fingerprint density at radius 3 is 2.60 bits per heavy atom. The van der Waals surface area contributed by atoms with E-state index in [9.17, 15) is 12.8 Å². The summed E-state index contributed by atoms with van der Waals surface area (Å²) >= 11 is 0. The molecule has 1 aromatic heterocycles. The first-order chi connectivity index (χ1) is 14.3. The summed E-state index contributed by atoms with van der Waals surface area (Å²) in [5.74, 6) is -0.368. The maximum absolute atomic E-state index is 14.1. The van der Waals surface area contributed by atoms with E-state index in [1.165, 1.54) is 16.1 Å². The zero-order chi connectivity index (χ0) is 21.0. The van der Waals surface area contributed by atoms with E-state index in [-0.39, 0.29) is 10.7 Å². The van der Waals surface area contributed by atoms with E-state index in [2.05, 4.69) is 15.9 Å². The Morgan fingerprint density at radius 2 is 1.83 bits per heavy atom. The molecule has 156 valence electrons. The summed E-state index contributed by atoms with van der Waals surface area (Å²) in [6.45, 7) is 2.57. The van der Waals surface area contributed by atoms with Crippen LogP contribution in [-0.4, -0.2) is 51.0 Å². The lowest BCUT2D eigenvalue weighted by Crippen LogP contribution is -2.23. The number of halogens is 1. The SMILES string of the molecule is CN1CC=C(c2cn(S(=O)(=O)c3ccc4c(c3)CCN4C)c3ccc(F)cc23)CC1. The quantitative estimate of drug-likeness (QED) is 0.642. The molecular formula is C23H24FN3O2S. The first-order valence-corrected chi connectivity index (χ1v) is 11.6. The van der Waals surface area contributed by atoms with Gasteiger partial charge in [0.2, 0.25) is 0 Å². The van der Waals surface area contributed by atoms with Gasteiger partial charge in [-0.2, -0.15) is 0 Å². The minimum atomic E-state index is -3.81. The van der Waals surface area contributed by atoms with Gasteiger partial charge in [0.15, 0.2) is 0 Å². The van der Waals surface area contributed by atoms with Crippen LogP contribution in [0.2, 0.25) is 0 Å². The third-order valence-corrected chi connectivity index (χ3v) is 7.90. The number of hydrogen-bond donors (Lipinski definition) is 0. The Kier molecular flexibility index (Phi) is 4.48. The largest absolute Gasteiger partial charge is 0.374 e. The second-order valence-electron chi connectivity index (χ2n) is 8.21. The van der Waals surface area contributed by atoms with Crippen molar-refractivity contribution in [2.24, 2.45) is 0 Å². The fraction of sp³-hybridized carbons (Fsp3) is 0.304. The van der Waals surface area contributed by atoms with Gasteiger partial charge in [0, 0.05) is 49.5 Å². The smallest absolute Gasteiger partial charge is 0.268 e. The molecule has 0 saturated heterocycles. The van der Waals surface area contributed by atoms with Gasteiger partial charge in [0.25, 0.3) is 10.0 Å². The van der Waals surface area contributed by atoms with E-state index in [0.29, 0.717) is 10.9 Å². The first kappa shape index (κ1) is 19.3. The average molecular weight is 426 g/mol. The molecule has 0 saturated carbocycles. The fourth-order valence-electron chi connectivity index (χ4n) is 4.46. The van der Waals surface area contributed by atoms with Gasteiger partial charge in [-0.15, -0.1) is 0 Å². The molecule has 3 heterocycles. The third kappa shape index (κ3) is 3.04. The molecule has 0 bridgehead atoms. The normalized spacial score (nSPS) is 17.4. The van der Waals surface area contributed by atoms with Crippen LogP contribution >= 0.6 is 0 Å². The van der Waals surface area contributed by atoms with Crippen LogP contribution in [0.15, 0.2) is 53.6 Å². The van der Waals surface area contributed by atoms with Gasteiger partial charge in [-0.1, -0.05) is 6.08 Å². The zero-order valence-electron chi connectivity index (χ0n) is 17.1. The monoisotopic (exact) mass is 425 g/mol. The van der Waals surface area contributed by atoms with Gasteiger partial charge in [-0.25, -0.2) is 16.8 Å². The van der Waals surface area contributed by atoms with Gasteiger partial charge >= 0.3 is 0 Å². The van der Waals surface area contributed by atoms with Crippen LogP contribution < -0.4 is 4.90 Å². The Morgan fingerprint density at radius 1 is 1.00 bits per heavy atom. The molecule has 0 unspecified atom stereocenters. The number of hydrogen-bond acceptors (Lipinski definition) is 4. The van der Waals surface area contributed by atoms with E-state index in [0.717, 1.165) is 54.9 Å². The maximum Gasteiger partial charge on any atom is 0.268 e. The Labute approximate surface area is 176 Å². The average Bonchev–Trinajstić information content (AvgIpc) is 3.29. The van der Waals surface area contributed by atoms with E-state index in [1.807, 2.05) is 20.2 Å². The Balaban J connectivity index is 1.67. The molecule has 0 atom stereocenters. The third-order valence-electron chi connectivity index (χ3n) is 6.23. The number of likely N-dealkylation sites (N-methyl/N-ethyl adjacent to an activating group) is 2. The number of nitrogens with zero attached hydrogens (tertiary/aromatic N) is 3. The number of rotatable bonds is 3. The van der Waals surface area contributed by atoms with Crippen LogP contribution in [0.4, 0.5) is 10.1 Å². The lowest BCUT2D eigenvalue weighted by atomic mass is 9.99. The van der Waals surface area contributed by atoms with Gasteiger partial charge in [0.05, 0.1) is 10.4 Å². The summed E-state index contributed by atoms with van der Waals surface area (Å²) in [4.78, 5) is 4.59. The van der Waals surface area contributed by atoms with Crippen LogP contribution in [-0.2, 0) is 16.4 Å². The molecule has 30 heavy (non-hydrogen) atoms. The second kappa shape index (κ2) is 6.96. The van der Waals surface area contributed by atoms with Crippen molar-refractivity contribution in [2.75, 3.05) is 38.6 Å². The van der Waals surface area contributed by atoms with E-state index in [4.69, 9.17) is 0 Å². The van der Waals surface area contributed by atoms with Gasteiger partial charge < -0.3 is 9.80 Å². The van der Waals surface area contributed by atoms with Crippen molar-refractivity contribution in [3.63, 3.8) is 0 Å². The van der Waals surface area contributed by atoms with Crippen molar-refractivity contribution in [3.8, 4) is 0 Å². The standard InChI is InChI=1S/C23H24FN3O2S/c1-25-10-7-16(8-11-25)21-15-27(23-5-3-18(24)14-20(21)23)30(28,29)19-4-6-22-17(13-19)9-12-26(22)2/h3-7,13-15H,8-12H2,1-2H3. The first-order valence-electron chi connectivity index (χ1n) is 10.1. The number of aromatic nitrogens is 1. The molecule has 0 amide bonds. The summed E-state index contributed by atoms with van der Waals surface area (Å²) in [7, 11) is 0.249. The Bertz CT molecular complexity index is 1290. The van der Waals surface area contributed by atoms with Crippen molar-refractivity contribution in [1.29, 1.82) is 0 Å². The number of anilines is 1. The maximum atomic E-state index is 14.1. The van der Waals surface area contributed by atoms with Crippen LogP contribution in [0.25, 0.3) is 16.5 Å². The van der Waals surface area contributed by atoms with Crippen LogP contribution in [0.3, 0.4) is 0 Å². The molecule has 0 N–H and O–H groups in total. The Hall–Kier alpha value is -2.64. The van der Waals surface area contributed by atoms with E-state index in [1.54, 1.807) is 24.4 Å². The van der Waals surface area contributed by atoms with Crippen LogP contribution in [0.1, 0.15) is 17.5 Å². The molecule has 2 aliphatic rings. The minimum Gasteiger partial charge on any atom is -0.374 e.